The van der Waals surface area contributed by atoms with Gasteiger partial charge in [0.1, 0.15) is 4.99 Å². The van der Waals surface area contributed by atoms with Crippen molar-refractivity contribution in [3.8, 4) is 0 Å². The Morgan fingerprint density at radius 3 is 2.37 bits per heavy atom. The molecule has 0 aliphatic rings. The summed E-state index contributed by atoms with van der Waals surface area (Å²) in [5.41, 5.74) is 7.78. The summed E-state index contributed by atoms with van der Waals surface area (Å²) in [6, 6.07) is 10.6. The van der Waals surface area contributed by atoms with Gasteiger partial charge in [-0.3, -0.25) is 0 Å². The quantitative estimate of drug-likeness (QED) is 0.775. The Hall–Kier alpha value is -1.000. The third-order valence-corrected chi connectivity index (χ3v) is 3.72. The van der Waals surface area contributed by atoms with E-state index < -0.39 is 0 Å². The van der Waals surface area contributed by atoms with Crippen LogP contribution in [0.5, 0.6) is 0 Å². The van der Waals surface area contributed by atoms with Gasteiger partial charge in [-0.1, -0.05) is 53.1 Å². The molecule has 19 heavy (non-hydrogen) atoms. The zero-order valence-electron chi connectivity index (χ0n) is 9.58. The Kier molecular flexibility index (Phi) is 4.53. The zero-order chi connectivity index (χ0) is 14.0. The first-order valence-electron chi connectivity index (χ1n) is 5.29. The fraction of sp³-hybridized carbons (Fsp3) is 0. The molecule has 0 saturated carbocycles. The molecule has 0 saturated heterocycles. The van der Waals surface area contributed by atoms with Gasteiger partial charge in [0.05, 0.1) is 26.3 Å². The summed E-state index contributed by atoms with van der Waals surface area (Å²) in [4.78, 5) is 0.230. The Labute approximate surface area is 131 Å². The first-order chi connectivity index (χ1) is 8.99. The summed E-state index contributed by atoms with van der Waals surface area (Å²) >= 11 is 22.9. The highest BCUT2D eigenvalue weighted by molar-refractivity contribution is 7.80. The van der Waals surface area contributed by atoms with E-state index in [4.69, 9.17) is 52.8 Å². The lowest BCUT2D eigenvalue weighted by molar-refractivity contribution is 1.52. The van der Waals surface area contributed by atoms with Gasteiger partial charge in [0.15, 0.2) is 0 Å². The Morgan fingerprint density at radius 1 is 1.00 bits per heavy atom. The van der Waals surface area contributed by atoms with Gasteiger partial charge in [0, 0.05) is 5.69 Å². The van der Waals surface area contributed by atoms with Gasteiger partial charge in [0.25, 0.3) is 0 Å². The van der Waals surface area contributed by atoms with E-state index in [-0.39, 0.29) is 4.99 Å². The number of hydrogen-bond acceptors (Lipinski definition) is 2. The summed E-state index contributed by atoms with van der Waals surface area (Å²) in [7, 11) is 0. The third-order valence-electron chi connectivity index (χ3n) is 2.46. The molecule has 0 atom stereocenters. The molecule has 3 N–H and O–H groups in total. The van der Waals surface area contributed by atoms with Crippen molar-refractivity contribution in [2.75, 3.05) is 5.32 Å². The first-order valence-corrected chi connectivity index (χ1v) is 6.83. The van der Waals surface area contributed by atoms with E-state index in [1.165, 1.54) is 0 Å². The third kappa shape index (κ3) is 3.31. The van der Waals surface area contributed by atoms with Crippen LogP contribution < -0.4 is 11.1 Å². The lowest BCUT2D eigenvalue weighted by Gasteiger charge is -2.13. The highest BCUT2D eigenvalue weighted by Crippen LogP contribution is 2.30. The van der Waals surface area contributed by atoms with Crippen LogP contribution >= 0.6 is 47.0 Å². The van der Waals surface area contributed by atoms with Gasteiger partial charge in [0.2, 0.25) is 0 Å². The first kappa shape index (κ1) is 14.4. The van der Waals surface area contributed by atoms with Gasteiger partial charge in [-0.2, -0.15) is 0 Å². The number of anilines is 2. The number of nitrogens with two attached hydrogens (primary N) is 1. The maximum Gasteiger partial charge on any atom is 0.107 e. The molecule has 0 fully saturated rings. The molecule has 98 valence electrons. The minimum atomic E-state index is 0.230. The molecule has 0 heterocycles. The largest absolute Gasteiger partial charge is 0.389 e. The molecule has 0 aliphatic carbocycles. The standard InChI is InChI=1S/C13H9Cl3N2S/c14-8-5-4-7(6-10(8)16)18-11-3-1-2-9(15)12(11)13(17)19/h1-6,18H,(H2,17,19). The molecule has 2 aromatic rings. The lowest BCUT2D eigenvalue weighted by atomic mass is 10.1. The average Bonchev–Trinajstić information content (AvgIpc) is 2.33. The van der Waals surface area contributed by atoms with Gasteiger partial charge >= 0.3 is 0 Å². The van der Waals surface area contributed by atoms with Crippen molar-refractivity contribution in [2.24, 2.45) is 5.73 Å². The van der Waals surface area contributed by atoms with E-state index in [2.05, 4.69) is 5.32 Å². The molecule has 6 heteroatoms. The molecule has 0 unspecified atom stereocenters. The fourth-order valence-electron chi connectivity index (χ4n) is 1.61. The summed E-state index contributed by atoms with van der Waals surface area (Å²) in [6.07, 6.45) is 0. The maximum atomic E-state index is 6.09. The van der Waals surface area contributed by atoms with E-state index in [9.17, 15) is 0 Å². The summed E-state index contributed by atoms with van der Waals surface area (Å²) in [6.45, 7) is 0. The van der Waals surface area contributed by atoms with E-state index in [0.717, 1.165) is 11.4 Å². The van der Waals surface area contributed by atoms with Crippen LogP contribution in [0.1, 0.15) is 5.56 Å². The number of nitrogens with one attached hydrogen (secondary N) is 1. The predicted octanol–water partition coefficient (Wildman–Crippen LogP) is 5.02. The van der Waals surface area contributed by atoms with Gasteiger partial charge in [-0.15, -0.1) is 0 Å². The van der Waals surface area contributed by atoms with Crippen LogP contribution in [0.3, 0.4) is 0 Å². The molecule has 2 aromatic carbocycles. The normalized spacial score (nSPS) is 10.3. The minimum absolute atomic E-state index is 0.230. The smallest absolute Gasteiger partial charge is 0.107 e. The van der Waals surface area contributed by atoms with Crippen LogP contribution in [0.4, 0.5) is 11.4 Å². The van der Waals surface area contributed by atoms with Crippen LogP contribution in [-0.4, -0.2) is 4.99 Å². The van der Waals surface area contributed by atoms with Crippen LogP contribution in [-0.2, 0) is 0 Å². The predicted molar refractivity (Wildman–Crippen MR) is 87.1 cm³/mol. The van der Waals surface area contributed by atoms with Crippen molar-refractivity contribution in [3.63, 3.8) is 0 Å². The van der Waals surface area contributed by atoms with Gasteiger partial charge < -0.3 is 11.1 Å². The summed E-state index contributed by atoms with van der Waals surface area (Å²) in [5.74, 6) is 0. The highest BCUT2D eigenvalue weighted by atomic mass is 35.5. The van der Waals surface area contributed by atoms with Crippen molar-refractivity contribution in [3.05, 3.63) is 57.0 Å². The summed E-state index contributed by atoms with van der Waals surface area (Å²) in [5, 5.41) is 4.62. The molecule has 0 amide bonds. The average molecular weight is 332 g/mol. The number of hydrogen-bond donors (Lipinski definition) is 2. The van der Waals surface area contributed by atoms with Crippen molar-refractivity contribution in [1.29, 1.82) is 0 Å². The van der Waals surface area contributed by atoms with Crippen molar-refractivity contribution in [1.82, 2.24) is 0 Å². The van der Waals surface area contributed by atoms with Crippen LogP contribution in [0, 0.1) is 0 Å². The Bertz CT molecular complexity index is 644. The van der Waals surface area contributed by atoms with E-state index in [1.54, 1.807) is 24.3 Å². The van der Waals surface area contributed by atoms with E-state index in [0.29, 0.717) is 20.6 Å². The fourth-order valence-corrected chi connectivity index (χ4v) is 2.46. The molecule has 2 rings (SSSR count). The topological polar surface area (TPSA) is 38.0 Å². The molecular weight excluding hydrogens is 323 g/mol. The molecule has 0 aromatic heterocycles. The lowest BCUT2D eigenvalue weighted by Crippen LogP contribution is -2.12. The number of benzene rings is 2. The minimum Gasteiger partial charge on any atom is -0.389 e. The number of halogens is 3. The molecule has 2 nitrogen and oxygen atoms in total. The molecule has 0 spiro atoms. The van der Waals surface area contributed by atoms with Gasteiger partial charge in [-0.05, 0) is 30.3 Å². The highest BCUT2D eigenvalue weighted by Gasteiger charge is 2.10. The van der Waals surface area contributed by atoms with Crippen molar-refractivity contribution in [2.45, 2.75) is 0 Å². The van der Waals surface area contributed by atoms with Gasteiger partial charge in [-0.25, -0.2) is 0 Å². The monoisotopic (exact) mass is 330 g/mol. The Balaban J connectivity index is 2.40. The van der Waals surface area contributed by atoms with Crippen LogP contribution in [0.2, 0.25) is 15.1 Å². The summed E-state index contributed by atoms with van der Waals surface area (Å²) < 4.78 is 0. The molecule has 0 bridgehead atoms. The second-order valence-corrected chi connectivity index (χ2v) is 5.44. The molecule has 0 aliphatic heterocycles. The van der Waals surface area contributed by atoms with E-state index in [1.807, 2.05) is 12.1 Å². The second kappa shape index (κ2) is 5.97. The Morgan fingerprint density at radius 2 is 1.74 bits per heavy atom. The molecule has 0 radical (unpaired) electrons. The zero-order valence-corrected chi connectivity index (χ0v) is 12.7. The number of thiocarbonyl (C=S) groups is 1. The van der Waals surface area contributed by atoms with Crippen molar-refractivity contribution >= 4 is 63.4 Å². The van der Waals surface area contributed by atoms with E-state index >= 15 is 0 Å². The maximum absolute atomic E-state index is 6.09. The molecular formula is C13H9Cl3N2S. The van der Waals surface area contributed by atoms with Crippen molar-refractivity contribution < 1.29 is 0 Å². The second-order valence-electron chi connectivity index (χ2n) is 3.78. The van der Waals surface area contributed by atoms with Crippen LogP contribution in [0.25, 0.3) is 0 Å². The van der Waals surface area contributed by atoms with Crippen LogP contribution in [0.15, 0.2) is 36.4 Å². The number of rotatable bonds is 3. The SMILES string of the molecule is NC(=S)c1c(Cl)cccc1Nc1ccc(Cl)c(Cl)c1.